The Morgan fingerprint density at radius 3 is 2.67 bits per heavy atom. The number of aryl methyl sites for hydroxylation is 1. The topological polar surface area (TPSA) is 43.4 Å². The standard InChI is InChI=1S/C16H19FN2O2/c1-12-9-13(10-18-7-8-20-2)11-19-16(12)21-15-5-3-14(17)4-6-15/h3-6,9,11,18H,7-8,10H2,1-2H3. The fourth-order valence-corrected chi connectivity index (χ4v) is 1.85. The average Bonchev–Trinajstić information content (AvgIpc) is 2.48. The molecule has 0 aliphatic carbocycles. The van der Waals surface area contributed by atoms with Crippen molar-refractivity contribution in [2.24, 2.45) is 0 Å². The second kappa shape index (κ2) is 7.71. The quantitative estimate of drug-likeness (QED) is 0.796. The molecule has 0 bridgehead atoms. The zero-order chi connectivity index (χ0) is 15.1. The van der Waals surface area contributed by atoms with Crippen LogP contribution in [0.1, 0.15) is 11.1 Å². The van der Waals surface area contributed by atoms with E-state index in [1.165, 1.54) is 12.1 Å². The molecule has 21 heavy (non-hydrogen) atoms. The third kappa shape index (κ3) is 4.81. The molecule has 0 atom stereocenters. The highest BCUT2D eigenvalue weighted by molar-refractivity contribution is 5.33. The zero-order valence-corrected chi connectivity index (χ0v) is 12.2. The number of hydrogen-bond donors (Lipinski definition) is 1. The van der Waals surface area contributed by atoms with Crippen molar-refractivity contribution in [2.75, 3.05) is 20.3 Å². The van der Waals surface area contributed by atoms with Crippen LogP contribution in [0.4, 0.5) is 4.39 Å². The van der Waals surface area contributed by atoms with Gasteiger partial charge in [-0.3, -0.25) is 0 Å². The van der Waals surface area contributed by atoms with Gasteiger partial charge in [0.1, 0.15) is 11.6 Å². The third-order valence-corrected chi connectivity index (χ3v) is 2.93. The summed E-state index contributed by atoms with van der Waals surface area (Å²) in [5, 5.41) is 3.26. The lowest BCUT2D eigenvalue weighted by atomic mass is 10.2. The molecule has 4 nitrogen and oxygen atoms in total. The van der Waals surface area contributed by atoms with Gasteiger partial charge in [-0.15, -0.1) is 0 Å². The number of rotatable bonds is 7. The molecule has 0 aliphatic rings. The number of halogens is 1. The molecule has 112 valence electrons. The highest BCUT2D eigenvalue weighted by atomic mass is 19.1. The van der Waals surface area contributed by atoms with Crippen LogP contribution >= 0.6 is 0 Å². The average molecular weight is 290 g/mol. The fourth-order valence-electron chi connectivity index (χ4n) is 1.85. The van der Waals surface area contributed by atoms with E-state index < -0.39 is 0 Å². The Morgan fingerprint density at radius 2 is 2.00 bits per heavy atom. The van der Waals surface area contributed by atoms with Crippen LogP contribution in [0, 0.1) is 12.7 Å². The number of pyridine rings is 1. The van der Waals surface area contributed by atoms with Gasteiger partial charge in [0.2, 0.25) is 5.88 Å². The number of nitrogens with zero attached hydrogens (tertiary/aromatic N) is 1. The lowest BCUT2D eigenvalue weighted by molar-refractivity contribution is 0.199. The molecule has 1 aromatic heterocycles. The van der Waals surface area contributed by atoms with Gasteiger partial charge in [0.05, 0.1) is 6.61 Å². The van der Waals surface area contributed by atoms with Crippen LogP contribution in [0.15, 0.2) is 36.5 Å². The highest BCUT2D eigenvalue weighted by Crippen LogP contribution is 2.23. The van der Waals surface area contributed by atoms with Crippen molar-refractivity contribution in [1.29, 1.82) is 0 Å². The van der Waals surface area contributed by atoms with Gasteiger partial charge < -0.3 is 14.8 Å². The van der Waals surface area contributed by atoms with Gasteiger partial charge in [0.25, 0.3) is 0 Å². The Labute approximate surface area is 123 Å². The summed E-state index contributed by atoms with van der Waals surface area (Å²) in [6.45, 7) is 4.14. The van der Waals surface area contributed by atoms with Crippen molar-refractivity contribution < 1.29 is 13.9 Å². The van der Waals surface area contributed by atoms with Crippen molar-refractivity contribution in [2.45, 2.75) is 13.5 Å². The van der Waals surface area contributed by atoms with Crippen LogP contribution in [-0.4, -0.2) is 25.2 Å². The predicted molar refractivity (Wildman–Crippen MR) is 79.0 cm³/mol. The van der Waals surface area contributed by atoms with Gasteiger partial charge in [-0.05, 0) is 42.8 Å². The van der Waals surface area contributed by atoms with E-state index in [4.69, 9.17) is 9.47 Å². The van der Waals surface area contributed by atoms with Crippen LogP contribution in [0.5, 0.6) is 11.6 Å². The molecular weight excluding hydrogens is 271 g/mol. The number of methoxy groups -OCH3 is 1. The van der Waals surface area contributed by atoms with Gasteiger partial charge in [-0.1, -0.05) is 0 Å². The second-order valence-electron chi connectivity index (χ2n) is 4.69. The summed E-state index contributed by atoms with van der Waals surface area (Å²) in [4.78, 5) is 4.31. The van der Waals surface area contributed by atoms with Crippen molar-refractivity contribution in [3.63, 3.8) is 0 Å². The van der Waals surface area contributed by atoms with Crippen molar-refractivity contribution in [3.05, 3.63) is 53.5 Å². The van der Waals surface area contributed by atoms with Crippen LogP contribution in [-0.2, 0) is 11.3 Å². The summed E-state index contributed by atoms with van der Waals surface area (Å²) in [6.07, 6.45) is 1.77. The van der Waals surface area contributed by atoms with E-state index >= 15 is 0 Å². The van der Waals surface area contributed by atoms with Gasteiger partial charge in [-0.2, -0.15) is 0 Å². The minimum Gasteiger partial charge on any atom is -0.439 e. The molecule has 1 heterocycles. The number of hydrogen-bond acceptors (Lipinski definition) is 4. The Morgan fingerprint density at radius 1 is 1.24 bits per heavy atom. The first-order valence-corrected chi connectivity index (χ1v) is 6.77. The third-order valence-electron chi connectivity index (χ3n) is 2.93. The van der Waals surface area contributed by atoms with E-state index in [0.29, 0.717) is 18.2 Å². The first-order chi connectivity index (χ1) is 10.2. The predicted octanol–water partition coefficient (Wildman–Crippen LogP) is 3.06. The van der Waals surface area contributed by atoms with Crippen molar-refractivity contribution in [1.82, 2.24) is 10.3 Å². The van der Waals surface area contributed by atoms with E-state index in [2.05, 4.69) is 10.3 Å². The normalized spacial score (nSPS) is 10.6. The maximum atomic E-state index is 12.8. The maximum Gasteiger partial charge on any atom is 0.222 e. The summed E-state index contributed by atoms with van der Waals surface area (Å²) in [5.74, 6) is 0.810. The molecule has 5 heteroatoms. The molecule has 0 saturated heterocycles. The van der Waals surface area contributed by atoms with E-state index in [1.54, 1.807) is 25.4 Å². The highest BCUT2D eigenvalue weighted by Gasteiger charge is 2.05. The number of nitrogens with one attached hydrogen (secondary N) is 1. The molecule has 1 aromatic carbocycles. The molecule has 0 unspecified atom stereocenters. The Kier molecular flexibility index (Phi) is 5.66. The molecule has 2 aromatic rings. The van der Waals surface area contributed by atoms with Crippen molar-refractivity contribution in [3.8, 4) is 11.6 Å². The molecular formula is C16H19FN2O2. The van der Waals surface area contributed by atoms with Crippen LogP contribution < -0.4 is 10.1 Å². The Balaban J connectivity index is 1.97. The maximum absolute atomic E-state index is 12.8. The SMILES string of the molecule is COCCNCc1cnc(Oc2ccc(F)cc2)c(C)c1. The van der Waals surface area contributed by atoms with Gasteiger partial charge in [0.15, 0.2) is 0 Å². The fraction of sp³-hybridized carbons (Fsp3) is 0.312. The van der Waals surface area contributed by atoms with E-state index in [1.807, 2.05) is 13.0 Å². The van der Waals surface area contributed by atoms with Crippen LogP contribution in [0.3, 0.4) is 0 Å². The molecule has 0 amide bonds. The Bertz CT molecular complexity index is 573. The summed E-state index contributed by atoms with van der Waals surface area (Å²) in [7, 11) is 1.68. The van der Waals surface area contributed by atoms with Gasteiger partial charge in [0, 0.05) is 32.0 Å². The summed E-state index contributed by atoms with van der Waals surface area (Å²) >= 11 is 0. The summed E-state index contributed by atoms with van der Waals surface area (Å²) in [5.41, 5.74) is 2.01. The molecule has 0 spiro atoms. The molecule has 0 saturated carbocycles. The second-order valence-corrected chi connectivity index (χ2v) is 4.69. The largest absolute Gasteiger partial charge is 0.439 e. The van der Waals surface area contributed by atoms with E-state index in [-0.39, 0.29) is 5.82 Å². The molecule has 1 N–H and O–H groups in total. The van der Waals surface area contributed by atoms with Crippen LogP contribution in [0.25, 0.3) is 0 Å². The number of aromatic nitrogens is 1. The van der Waals surface area contributed by atoms with Crippen molar-refractivity contribution >= 4 is 0 Å². The van der Waals surface area contributed by atoms with Gasteiger partial charge >= 0.3 is 0 Å². The van der Waals surface area contributed by atoms with Crippen LogP contribution in [0.2, 0.25) is 0 Å². The monoisotopic (exact) mass is 290 g/mol. The first kappa shape index (κ1) is 15.4. The van der Waals surface area contributed by atoms with E-state index in [0.717, 1.165) is 24.2 Å². The number of benzene rings is 1. The first-order valence-electron chi connectivity index (χ1n) is 6.77. The minimum atomic E-state index is -0.287. The number of ether oxygens (including phenoxy) is 2. The summed E-state index contributed by atoms with van der Waals surface area (Å²) in [6, 6.07) is 7.90. The zero-order valence-electron chi connectivity index (χ0n) is 12.2. The Hall–Kier alpha value is -1.98. The van der Waals surface area contributed by atoms with Gasteiger partial charge in [-0.25, -0.2) is 9.37 Å². The molecule has 2 rings (SSSR count). The molecule has 0 fully saturated rings. The smallest absolute Gasteiger partial charge is 0.222 e. The minimum absolute atomic E-state index is 0.287. The lowest BCUT2D eigenvalue weighted by Gasteiger charge is -2.10. The lowest BCUT2D eigenvalue weighted by Crippen LogP contribution is -2.18. The summed E-state index contributed by atoms with van der Waals surface area (Å²) < 4.78 is 23.5. The van der Waals surface area contributed by atoms with E-state index in [9.17, 15) is 4.39 Å². The molecule has 0 radical (unpaired) electrons. The molecule has 0 aliphatic heterocycles.